The number of esters is 1. The fraction of sp³-hybridized carbons (Fsp3) is 0.500. The van der Waals surface area contributed by atoms with Crippen LogP contribution in [0.3, 0.4) is 0 Å². The molecule has 1 aliphatic rings. The van der Waals surface area contributed by atoms with Gasteiger partial charge in [-0.3, -0.25) is 9.69 Å². The Kier molecular flexibility index (Phi) is 5.49. The molecule has 22 heavy (non-hydrogen) atoms. The molecule has 0 spiro atoms. The highest BCUT2D eigenvalue weighted by Gasteiger charge is 2.30. The van der Waals surface area contributed by atoms with Gasteiger partial charge < -0.3 is 9.64 Å². The van der Waals surface area contributed by atoms with Crippen LogP contribution in [0.15, 0.2) is 24.3 Å². The van der Waals surface area contributed by atoms with Crippen molar-refractivity contribution in [2.24, 2.45) is 0 Å². The summed E-state index contributed by atoms with van der Waals surface area (Å²) in [5, 5.41) is 0. The summed E-state index contributed by atoms with van der Waals surface area (Å²) in [6, 6.07) is 5.31. The minimum atomic E-state index is -0.572. The fourth-order valence-corrected chi connectivity index (χ4v) is 2.76. The Morgan fingerprint density at radius 3 is 2.41 bits per heavy atom. The normalized spacial score (nSPS) is 17.7. The fourth-order valence-electron chi connectivity index (χ4n) is 2.76. The molecule has 1 heterocycles. The topological polar surface area (TPSA) is 49.9 Å². The molecule has 0 aliphatic carbocycles. The van der Waals surface area contributed by atoms with Crippen LogP contribution >= 0.6 is 0 Å². The molecule has 0 N–H and O–H groups in total. The van der Waals surface area contributed by atoms with E-state index in [0.717, 1.165) is 6.42 Å². The molecular formula is C16H21FN2O3. The zero-order chi connectivity index (χ0) is 16.1. The quantitative estimate of drug-likeness (QED) is 0.796. The molecule has 1 aromatic carbocycles. The Bertz CT molecular complexity index is 533. The molecule has 0 radical (unpaired) electrons. The summed E-state index contributed by atoms with van der Waals surface area (Å²) in [6.45, 7) is 4.07. The molecule has 1 unspecified atom stereocenters. The van der Waals surface area contributed by atoms with Gasteiger partial charge in [-0.1, -0.05) is 12.1 Å². The zero-order valence-electron chi connectivity index (χ0n) is 12.9. The van der Waals surface area contributed by atoms with Gasteiger partial charge in [0.1, 0.15) is 11.9 Å². The van der Waals surface area contributed by atoms with Gasteiger partial charge in [0.2, 0.25) is 5.91 Å². The highest BCUT2D eigenvalue weighted by Crippen LogP contribution is 2.24. The van der Waals surface area contributed by atoms with Gasteiger partial charge in [0.25, 0.3) is 0 Å². The number of nitrogens with zero attached hydrogens (tertiary/aromatic N) is 2. The smallest absolute Gasteiger partial charge is 0.327 e. The summed E-state index contributed by atoms with van der Waals surface area (Å²) in [7, 11) is 1.35. The van der Waals surface area contributed by atoms with Crippen LogP contribution in [0.25, 0.3) is 0 Å². The van der Waals surface area contributed by atoms with Gasteiger partial charge in [0.15, 0.2) is 0 Å². The van der Waals surface area contributed by atoms with Crippen LogP contribution in [0, 0.1) is 5.82 Å². The summed E-state index contributed by atoms with van der Waals surface area (Å²) < 4.78 is 18.0. The van der Waals surface area contributed by atoms with Crippen molar-refractivity contribution in [2.75, 3.05) is 33.3 Å². The van der Waals surface area contributed by atoms with Gasteiger partial charge >= 0.3 is 5.97 Å². The number of carbonyl (C=O) groups excluding carboxylic acids is 2. The lowest BCUT2D eigenvalue weighted by Crippen LogP contribution is -2.38. The molecule has 6 heteroatoms. The van der Waals surface area contributed by atoms with Crippen LogP contribution in [-0.4, -0.2) is 55.0 Å². The summed E-state index contributed by atoms with van der Waals surface area (Å²) in [5.74, 6) is -0.674. The lowest BCUT2D eigenvalue weighted by molar-refractivity contribution is -0.147. The van der Waals surface area contributed by atoms with E-state index in [2.05, 4.69) is 0 Å². The summed E-state index contributed by atoms with van der Waals surface area (Å²) in [5.41, 5.74) is 0.699. The van der Waals surface area contributed by atoms with Crippen LogP contribution < -0.4 is 0 Å². The van der Waals surface area contributed by atoms with Crippen LogP contribution in [-0.2, 0) is 14.3 Å². The van der Waals surface area contributed by atoms with Gasteiger partial charge in [-0.15, -0.1) is 0 Å². The van der Waals surface area contributed by atoms with Crippen LogP contribution in [0.1, 0.15) is 24.9 Å². The first-order valence-electron chi connectivity index (χ1n) is 7.36. The molecule has 120 valence electrons. The van der Waals surface area contributed by atoms with E-state index in [0.29, 0.717) is 31.7 Å². The molecule has 1 aliphatic heterocycles. The average molecular weight is 308 g/mol. The van der Waals surface area contributed by atoms with E-state index in [1.54, 1.807) is 24.0 Å². The van der Waals surface area contributed by atoms with E-state index in [1.807, 2.05) is 4.90 Å². The molecular weight excluding hydrogens is 287 g/mol. The number of hydrogen-bond donors (Lipinski definition) is 0. The van der Waals surface area contributed by atoms with Gasteiger partial charge in [0, 0.05) is 33.1 Å². The minimum Gasteiger partial charge on any atom is -0.468 e. The number of hydrogen-bond acceptors (Lipinski definition) is 4. The van der Waals surface area contributed by atoms with E-state index >= 15 is 0 Å². The Balaban J connectivity index is 2.20. The van der Waals surface area contributed by atoms with Gasteiger partial charge in [-0.2, -0.15) is 0 Å². The van der Waals surface area contributed by atoms with Crippen molar-refractivity contribution in [1.82, 2.24) is 9.80 Å². The van der Waals surface area contributed by atoms with Crippen LogP contribution in [0.5, 0.6) is 0 Å². The maximum atomic E-state index is 13.1. The van der Waals surface area contributed by atoms with Crippen LogP contribution in [0.2, 0.25) is 0 Å². The van der Waals surface area contributed by atoms with Crippen molar-refractivity contribution < 1.29 is 18.7 Å². The van der Waals surface area contributed by atoms with E-state index in [1.165, 1.54) is 19.2 Å². The van der Waals surface area contributed by atoms with Crippen molar-refractivity contribution >= 4 is 11.9 Å². The molecule has 1 amide bonds. The standard InChI is InChI=1S/C16H21FN2O3/c1-12(20)18-8-3-9-19(11-10-18)15(16(21)22-2)13-4-6-14(17)7-5-13/h4-7,15H,3,8-11H2,1-2H3. The van der Waals surface area contributed by atoms with Crippen molar-refractivity contribution in [3.8, 4) is 0 Å². The minimum absolute atomic E-state index is 0.0400. The van der Waals surface area contributed by atoms with Gasteiger partial charge in [-0.25, -0.2) is 9.18 Å². The number of carbonyl (C=O) groups is 2. The Morgan fingerprint density at radius 1 is 1.14 bits per heavy atom. The van der Waals surface area contributed by atoms with Crippen molar-refractivity contribution in [3.05, 3.63) is 35.6 Å². The van der Waals surface area contributed by atoms with Crippen molar-refractivity contribution in [1.29, 1.82) is 0 Å². The van der Waals surface area contributed by atoms with E-state index in [9.17, 15) is 14.0 Å². The second-order valence-corrected chi connectivity index (χ2v) is 5.37. The third-order valence-corrected chi connectivity index (χ3v) is 3.95. The van der Waals surface area contributed by atoms with Crippen LogP contribution in [0.4, 0.5) is 4.39 Å². The second kappa shape index (κ2) is 7.35. The monoisotopic (exact) mass is 308 g/mol. The first kappa shape index (κ1) is 16.4. The molecule has 2 rings (SSSR count). The summed E-state index contributed by atoms with van der Waals surface area (Å²) in [4.78, 5) is 27.5. The second-order valence-electron chi connectivity index (χ2n) is 5.37. The number of rotatable bonds is 3. The zero-order valence-corrected chi connectivity index (χ0v) is 12.9. The van der Waals surface area contributed by atoms with Crippen molar-refractivity contribution in [3.63, 3.8) is 0 Å². The predicted octanol–water partition coefficient (Wildman–Crippen LogP) is 1.59. The molecule has 5 nitrogen and oxygen atoms in total. The van der Waals surface area contributed by atoms with E-state index < -0.39 is 6.04 Å². The summed E-state index contributed by atoms with van der Waals surface area (Å²) >= 11 is 0. The number of amides is 1. The third-order valence-electron chi connectivity index (χ3n) is 3.95. The van der Waals surface area contributed by atoms with E-state index in [4.69, 9.17) is 4.74 Å². The molecule has 0 saturated carbocycles. The van der Waals surface area contributed by atoms with Crippen molar-refractivity contribution in [2.45, 2.75) is 19.4 Å². The van der Waals surface area contributed by atoms with Gasteiger partial charge in [-0.05, 0) is 24.1 Å². The lowest BCUT2D eigenvalue weighted by atomic mass is 10.0. The molecule has 1 atom stereocenters. The maximum absolute atomic E-state index is 13.1. The first-order chi connectivity index (χ1) is 10.5. The van der Waals surface area contributed by atoms with E-state index in [-0.39, 0.29) is 17.7 Å². The SMILES string of the molecule is COC(=O)C(c1ccc(F)cc1)N1CCCN(C(C)=O)CC1. The predicted molar refractivity (Wildman–Crippen MR) is 79.6 cm³/mol. The number of benzene rings is 1. The molecule has 1 saturated heterocycles. The molecule has 1 fully saturated rings. The summed E-state index contributed by atoms with van der Waals surface area (Å²) in [6.07, 6.45) is 0.786. The van der Waals surface area contributed by atoms with Gasteiger partial charge in [0.05, 0.1) is 7.11 Å². The number of ether oxygens (including phenoxy) is 1. The number of methoxy groups -OCH3 is 1. The molecule has 1 aromatic rings. The largest absolute Gasteiger partial charge is 0.468 e. The maximum Gasteiger partial charge on any atom is 0.327 e. The molecule has 0 aromatic heterocycles. The Labute approximate surface area is 129 Å². The Morgan fingerprint density at radius 2 is 1.82 bits per heavy atom. The highest BCUT2D eigenvalue weighted by molar-refractivity contribution is 5.77. The lowest BCUT2D eigenvalue weighted by Gasteiger charge is -2.28. The number of halogens is 1. The Hall–Kier alpha value is -1.95. The molecule has 0 bridgehead atoms. The average Bonchev–Trinajstić information content (AvgIpc) is 2.75. The third kappa shape index (κ3) is 3.82. The highest BCUT2D eigenvalue weighted by atomic mass is 19.1. The first-order valence-corrected chi connectivity index (χ1v) is 7.36.